The minimum absolute atomic E-state index is 0.0516. The second-order valence-electron chi connectivity index (χ2n) is 5.49. The van der Waals surface area contributed by atoms with Crippen LogP contribution in [0.1, 0.15) is 6.92 Å². The Hall–Kier alpha value is -3.11. The Kier molecular flexibility index (Phi) is 6.37. The maximum Gasteiger partial charge on any atom is 0.264 e. The van der Waals surface area contributed by atoms with Crippen LogP contribution in [0, 0.1) is 0 Å². The third-order valence-corrected chi connectivity index (χ3v) is 5.34. The molecule has 0 atom stereocenters. The lowest BCUT2D eigenvalue weighted by Gasteiger charge is -2.24. The SMILES string of the molecule is COc1cccc(N(CC(=O)NN)S(=O)(=O)c2ccc(NC(C)=O)cc2)c1. The minimum atomic E-state index is -4.08. The van der Waals surface area contributed by atoms with Gasteiger partial charge in [-0.05, 0) is 36.4 Å². The lowest BCUT2D eigenvalue weighted by atomic mass is 10.3. The molecule has 0 aliphatic rings. The highest BCUT2D eigenvalue weighted by Crippen LogP contribution is 2.27. The molecule has 0 unspecified atom stereocenters. The number of sulfonamides is 1. The van der Waals surface area contributed by atoms with Gasteiger partial charge in [0.2, 0.25) is 5.91 Å². The van der Waals surface area contributed by atoms with Crippen molar-refractivity contribution < 1.29 is 22.7 Å². The molecule has 27 heavy (non-hydrogen) atoms. The van der Waals surface area contributed by atoms with Gasteiger partial charge in [-0.15, -0.1) is 0 Å². The molecule has 2 rings (SSSR count). The molecule has 0 fully saturated rings. The number of benzene rings is 2. The van der Waals surface area contributed by atoms with E-state index in [1.54, 1.807) is 12.1 Å². The number of nitrogens with zero attached hydrogens (tertiary/aromatic N) is 1. The number of hydrazine groups is 1. The van der Waals surface area contributed by atoms with Gasteiger partial charge in [0.25, 0.3) is 15.9 Å². The van der Waals surface area contributed by atoms with E-state index in [-0.39, 0.29) is 16.5 Å². The van der Waals surface area contributed by atoms with E-state index in [9.17, 15) is 18.0 Å². The van der Waals surface area contributed by atoms with E-state index in [1.165, 1.54) is 50.4 Å². The predicted octanol–water partition coefficient (Wildman–Crippen LogP) is 0.839. The number of nitrogens with two attached hydrogens (primary N) is 1. The lowest BCUT2D eigenvalue weighted by Crippen LogP contribution is -2.43. The summed E-state index contributed by atoms with van der Waals surface area (Å²) in [6.07, 6.45) is 0. The number of hydrogen-bond donors (Lipinski definition) is 3. The van der Waals surface area contributed by atoms with Crippen LogP contribution in [0.15, 0.2) is 53.4 Å². The molecule has 144 valence electrons. The number of methoxy groups -OCH3 is 1. The van der Waals surface area contributed by atoms with Gasteiger partial charge < -0.3 is 10.1 Å². The normalized spacial score (nSPS) is 10.8. The van der Waals surface area contributed by atoms with Crippen molar-refractivity contribution >= 4 is 33.2 Å². The van der Waals surface area contributed by atoms with Gasteiger partial charge in [0.1, 0.15) is 12.3 Å². The predicted molar refractivity (Wildman–Crippen MR) is 101 cm³/mol. The molecular formula is C17H20N4O5S. The summed E-state index contributed by atoms with van der Waals surface area (Å²) in [6, 6.07) is 11.9. The molecule has 0 heterocycles. The van der Waals surface area contributed by atoms with Gasteiger partial charge in [0, 0.05) is 18.7 Å². The van der Waals surface area contributed by atoms with Crippen LogP contribution in [0.2, 0.25) is 0 Å². The fourth-order valence-corrected chi connectivity index (χ4v) is 3.71. The summed E-state index contributed by atoms with van der Waals surface area (Å²) in [5.74, 6) is 4.59. The van der Waals surface area contributed by atoms with Crippen molar-refractivity contribution in [1.29, 1.82) is 0 Å². The van der Waals surface area contributed by atoms with Crippen molar-refractivity contribution in [3.8, 4) is 5.75 Å². The molecule has 10 heteroatoms. The summed E-state index contributed by atoms with van der Waals surface area (Å²) in [5, 5.41) is 2.56. The van der Waals surface area contributed by atoms with E-state index >= 15 is 0 Å². The first-order chi connectivity index (χ1) is 12.8. The number of anilines is 2. The summed E-state index contributed by atoms with van der Waals surface area (Å²) in [7, 11) is -2.63. The lowest BCUT2D eigenvalue weighted by molar-refractivity contribution is -0.119. The largest absolute Gasteiger partial charge is 0.497 e. The maximum atomic E-state index is 13.1. The van der Waals surface area contributed by atoms with Crippen LogP contribution in [0.4, 0.5) is 11.4 Å². The third kappa shape index (κ3) is 4.96. The number of hydrogen-bond acceptors (Lipinski definition) is 6. The fourth-order valence-electron chi connectivity index (χ4n) is 2.30. The Morgan fingerprint density at radius 3 is 2.37 bits per heavy atom. The van der Waals surface area contributed by atoms with E-state index in [0.29, 0.717) is 11.4 Å². The van der Waals surface area contributed by atoms with E-state index < -0.39 is 22.5 Å². The Bertz CT molecular complexity index is 929. The van der Waals surface area contributed by atoms with Crippen molar-refractivity contribution in [3.63, 3.8) is 0 Å². The van der Waals surface area contributed by atoms with Crippen LogP contribution in [-0.2, 0) is 19.6 Å². The quantitative estimate of drug-likeness (QED) is 0.364. The molecule has 0 bridgehead atoms. The van der Waals surface area contributed by atoms with Gasteiger partial charge in [0.15, 0.2) is 0 Å². The standard InChI is InChI=1S/C17H20N4O5S/c1-12(22)19-13-6-8-16(9-7-13)27(24,25)21(11-17(23)20-18)14-4-3-5-15(10-14)26-2/h3-10H,11,18H2,1-2H3,(H,19,22)(H,20,23). The molecule has 0 spiro atoms. The second kappa shape index (κ2) is 8.52. The topological polar surface area (TPSA) is 131 Å². The van der Waals surface area contributed by atoms with Crippen LogP contribution in [0.25, 0.3) is 0 Å². The molecule has 2 aromatic carbocycles. The summed E-state index contributed by atoms with van der Waals surface area (Å²) < 4.78 is 32.2. The smallest absolute Gasteiger partial charge is 0.264 e. The number of carbonyl (C=O) groups is 2. The van der Waals surface area contributed by atoms with Gasteiger partial charge in [-0.1, -0.05) is 6.07 Å². The summed E-state index contributed by atoms with van der Waals surface area (Å²) >= 11 is 0. The van der Waals surface area contributed by atoms with Gasteiger partial charge in [-0.3, -0.25) is 19.3 Å². The zero-order valence-corrected chi connectivity index (χ0v) is 15.6. The zero-order valence-electron chi connectivity index (χ0n) is 14.8. The van der Waals surface area contributed by atoms with E-state index in [0.717, 1.165) is 4.31 Å². The van der Waals surface area contributed by atoms with E-state index in [1.807, 2.05) is 5.43 Å². The number of nitrogens with one attached hydrogen (secondary N) is 2. The molecule has 0 aromatic heterocycles. The third-order valence-electron chi connectivity index (χ3n) is 3.55. The first-order valence-corrected chi connectivity index (χ1v) is 9.26. The van der Waals surface area contributed by atoms with Crippen molar-refractivity contribution in [2.24, 2.45) is 5.84 Å². The van der Waals surface area contributed by atoms with Crippen molar-refractivity contribution in [3.05, 3.63) is 48.5 Å². The van der Waals surface area contributed by atoms with Crippen molar-refractivity contribution in [1.82, 2.24) is 5.43 Å². The zero-order chi connectivity index (χ0) is 20.0. The average molecular weight is 392 g/mol. The van der Waals surface area contributed by atoms with Gasteiger partial charge in [-0.25, -0.2) is 14.3 Å². The molecule has 0 aliphatic heterocycles. The summed E-state index contributed by atoms with van der Waals surface area (Å²) in [5.41, 5.74) is 2.62. The maximum absolute atomic E-state index is 13.1. The summed E-state index contributed by atoms with van der Waals surface area (Å²) in [4.78, 5) is 22.8. The molecular weight excluding hydrogens is 372 g/mol. The van der Waals surface area contributed by atoms with Crippen LogP contribution < -0.4 is 25.6 Å². The summed E-state index contributed by atoms with van der Waals surface area (Å²) in [6.45, 7) is 0.833. The van der Waals surface area contributed by atoms with Gasteiger partial charge in [-0.2, -0.15) is 0 Å². The second-order valence-corrected chi connectivity index (χ2v) is 7.35. The Labute approximate surface area is 157 Å². The highest BCUT2D eigenvalue weighted by molar-refractivity contribution is 7.92. The molecule has 0 aliphatic carbocycles. The molecule has 2 aromatic rings. The van der Waals surface area contributed by atoms with Crippen LogP contribution in [0.5, 0.6) is 5.75 Å². The minimum Gasteiger partial charge on any atom is -0.497 e. The molecule has 4 N–H and O–H groups in total. The highest BCUT2D eigenvalue weighted by Gasteiger charge is 2.27. The molecule has 2 amide bonds. The average Bonchev–Trinajstić information content (AvgIpc) is 2.65. The number of amides is 2. The number of carbonyl (C=O) groups excluding carboxylic acids is 2. The Morgan fingerprint density at radius 1 is 1.15 bits per heavy atom. The van der Waals surface area contributed by atoms with Crippen molar-refractivity contribution in [2.45, 2.75) is 11.8 Å². The van der Waals surface area contributed by atoms with E-state index in [2.05, 4.69) is 5.32 Å². The monoisotopic (exact) mass is 392 g/mol. The number of ether oxygens (including phenoxy) is 1. The number of rotatable bonds is 7. The van der Waals surface area contributed by atoms with Crippen molar-refractivity contribution in [2.75, 3.05) is 23.3 Å². The van der Waals surface area contributed by atoms with Crippen LogP contribution in [-0.4, -0.2) is 33.9 Å². The highest BCUT2D eigenvalue weighted by atomic mass is 32.2. The molecule has 0 saturated heterocycles. The molecule has 9 nitrogen and oxygen atoms in total. The van der Waals surface area contributed by atoms with Crippen LogP contribution >= 0.6 is 0 Å². The first kappa shape index (κ1) is 20.2. The molecule has 0 saturated carbocycles. The fraction of sp³-hybridized carbons (Fsp3) is 0.176. The van der Waals surface area contributed by atoms with Gasteiger partial charge >= 0.3 is 0 Å². The Morgan fingerprint density at radius 2 is 1.81 bits per heavy atom. The van der Waals surface area contributed by atoms with E-state index in [4.69, 9.17) is 10.6 Å². The Balaban J connectivity index is 2.46. The first-order valence-electron chi connectivity index (χ1n) is 7.82. The van der Waals surface area contributed by atoms with Gasteiger partial charge in [0.05, 0.1) is 17.7 Å². The molecule has 0 radical (unpaired) electrons. The van der Waals surface area contributed by atoms with Crippen LogP contribution in [0.3, 0.4) is 0 Å².